The van der Waals surface area contributed by atoms with Crippen LogP contribution in [0.5, 0.6) is 0 Å². The molecule has 0 spiro atoms. The fraction of sp³-hybridized carbons (Fsp3) is 0.333. The number of hydrogen-bond acceptors (Lipinski definition) is 4. The summed E-state index contributed by atoms with van der Waals surface area (Å²) in [6.07, 6.45) is 0. The number of ether oxygens (including phenoxy) is 1. The van der Waals surface area contributed by atoms with E-state index in [2.05, 4.69) is 9.62 Å². The van der Waals surface area contributed by atoms with E-state index in [0.717, 1.165) is 23.8 Å². The van der Waals surface area contributed by atoms with Crippen molar-refractivity contribution in [2.75, 3.05) is 32.8 Å². The van der Waals surface area contributed by atoms with E-state index >= 15 is 0 Å². The van der Waals surface area contributed by atoms with E-state index in [1.165, 1.54) is 0 Å². The van der Waals surface area contributed by atoms with Crippen LogP contribution in [-0.2, 0) is 14.8 Å². The second kappa shape index (κ2) is 8.22. The van der Waals surface area contributed by atoms with Crippen molar-refractivity contribution >= 4 is 10.0 Å². The molecule has 1 fully saturated rings. The first-order valence-corrected chi connectivity index (χ1v) is 9.77. The van der Waals surface area contributed by atoms with E-state index < -0.39 is 32.6 Å². The van der Waals surface area contributed by atoms with Crippen molar-refractivity contribution < 1.29 is 21.9 Å². The van der Waals surface area contributed by atoms with Gasteiger partial charge < -0.3 is 4.74 Å². The maximum atomic E-state index is 14.0. The lowest BCUT2D eigenvalue weighted by Gasteiger charge is -2.31. The van der Waals surface area contributed by atoms with Crippen LogP contribution in [0.2, 0.25) is 0 Å². The Bertz CT molecular complexity index is 821. The summed E-state index contributed by atoms with van der Waals surface area (Å²) in [5, 5.41) is 0. The van der Waals surface area contributed by atoms with Crippen LogP contribution in [0.1, 0.15) is 11.6 Å². The van der Waals surface area contributed by atoms with Gasteiger partial charge in [-0.25, -0.2) is 21.9 Å². The number of nitrogens with one attached hydrogen (secondary N) is 1. The van der Waals surface area contributed by atoms with Crippen molar-refractivity contribution in [2.45, 2.75) is 10.9 Å². The Labute approximate surface area is 151 Å². The molecule has 1 aliphatic heterocycles. The van der Waals surface area contributed by atoms with Crippen LogP contribution in [0.15, 0.2) is 53.4 Å². The first kappa shape index (κ1) is 18.9. The standard InChI is InChI=1S/C18H20F2N2O3S/c19-15-7-4-8-16(20)18(15)26(23,24)21-17(14-5-2-1-3-6-14)13-22-9-11-25-12-10-22/h1-8,17,21H,9-13H2/t17-/m1/s1. The van der Waals surface area contributed by atoms with Gasteiger partial charge in [0.05, 0.1) is 19.3 Å². The van der Waals surface area contributed by atoms with Gasteiger partial charge in [0.15, 0.2) is 4.90 Å². The topological polar surface area (TPSA) is 58.6 Å². The zero-order chi connectivity index (χ0) is 18.6. The quantitative estimate of drug-likeness (QED) is 0.833. The molecule has 8 heteroatoms. The highest BCUT2D eigenvalue weighted by molar-refractivity contribution is 7.89. The van der Waals surface area contributed by atoms with Gasteiger partial charge in [-0.2, -0.15) is 0 Å². The largest absolute Gasteiger partial charge is 0.379 e. The van der Waals surface area contributed by atoms with E-state index in [-0.39, 0.29) is 0 Å². The molecule has 1 saturated heterocycles. The smallest absolute Gasteiger partial charge is 0.247 e. The summed E-state index contributed by atoms with van der Waals surface area (Å²) < 4.78 is 61.0. The van der Waals surface area contributed by atoms with E-state index in [1.54, 1.807) is 24.3 Å². The molecule has 2 aromatic carbocycles. The summed E-state index contributed by atoms with van der Waals surface area (Å²) in [6, 6.07) is 11.3. The molecule has 0 radical (unpaired) electrons. The van der Waals surface area contributed by atoms with Gasteiger partial charge in [0.1, 0.15) is 11.6 Å². The van der Waals surface area contributed by atoms with Gasteiger partial charge in [-0.3, -0.25) is 4.90 Å². The summed E-state index contributed by atoms with van der Waals surface area (Å²) >= 11 is 0. The van der Waals surface area contributed by atoms with E-state index in [1.807, 2.05) is 6.07 Å². The Kier molecular flexibility index (Phi) is 5.98. The monoisotopic (exact) mass is 382 g/mol. The molecular formula is C18H20F2N2O3S. The lowest BCUT2D eigenvalue weighted by atomic mass is 10.1. The average Bonchev–Trinajstić information content (AvgIpc) is 2.62. The number of halogens is 2. The average molecular weight is 382 g/mol. The van der Waals surface area contributed by atoms with Crippen molar-refractivity contribution in [2.24, 2.45) is 0 Å². The van der Waals surface area contributed by atoms with Gasteiger partial charge in [-0.05, 0) is 17.7 Å². The lowest BCUT2D eigenvalue weighted by Crippen LogP contribution is -2.43. The second-order valence-corrected chi connectivity index (χ2v) is 7.70. The minimum absolute atomic E-state index is 0.378. The minimum Gasteiger partial charge on any atom is -0.379 e. The SMILES string of the molecule is O=S(=O)(N[C@H](CN1CCOCC1)c1ccccc1)c1c(F)cccc1F. The minimum atomic E-state index is -4.38. The summed E-state index contributed by atoms with van der Waals surface area (Å²) in [6.45, 7) is 2.84. The molecule has 0 aliphatic carbocycles. The molecule has 0 bridgehead atoms. The van der Waals surface area contributed by atoms with Crippen LogP contribution in [0, 0.1) is 11.6 Å². The van der Waals surface area contributed by atoms with Gasteiger partial charge in [0.25, 0.3) is 0 Å². The zero-order valence-corrected chi connectivity index (χ0v) is 14.9. The number of morpholine rings is 1. The van der Waals surface area contributed by atoms with E-state index in [4.69, 9.17) is 4.74 Å². The summed E-state index contributed by atoms with van der Waals surface area (Å²) in [4.78, 5) is 1.10. The number of hydrogen-bond donors (Lipinski definition) is 1. The number of sulfonamides is 1. The van der Waals surface area contributed by atoms with Crippen molar-refractivity contribution in [3.8, 4) is 0 Å². The molecule has 3 rings (SSSR count). The Morgan fingerprint density at radius 1 is 1.00 bits per heavy atom. The van der Waals surface area contributed by atoms with Crippen molar-refractivity contribution in [3.63, 3.8) is 0 Å². The van der Waals surface area contributed by atoms with Gasteiger partial charge >= 0.3 is 0 Å². The lowest BCUT2D eigenvalue weighted by molar-refractivity contribution is 0.0345. The van der Waals surface area contributed by atoms with Crippen molar-refractivity contribution in [3.05, 3.63) is 65.7 Å². The molecule has 0 unspecified atom stereocenters. The Morgan fingerprint density at radius 2 is 1.62 bits per heavy atom. The summed E-state index contributed by atoms with van der Waals surface area (Å²) in [5.41, 5.74) is 0.722. The van der Waals surface area contributed by atoms with Crippen LogP contribution in [0.4, 0.5) is 8.78 Å². The molecule has 1 heterocycles. The Balaban J connectivity index is 1.89. The third kappa shape index (κ3) is 4.45. The third-order valence-electron chi connectivity index (χ3n) is 4.23. The zero-order valence-electron chi connectivity index (χ0n) is 14.1. The second-order valence-electron chi connectivity index (χ2n) is 6.05. The number of nitrogens with zero attached hydrogens (tertiary/aromatic N) is 1. The summed E-state index contributed by atoms with van der Waals surface area (Å²) in [5.74, 6) is -2.23. The highest BCUT2D eigenvalue weighted by Crippen LogP contribution is 2.23. The maximum Gasteiger partial charge on any atom is 0.247 e. The molecule has 1 N–H and O–H groups in total. The van der Waals surface area contributed by atoms with Crippen LogP contribution in [0.3, 0.4) is 0 Å². The molecule has 2 aromatic rings. The Hall–Kier alpha value is -1.87. The molecule has 0 saturated carbocycles. The van der Waals surface area contributed by atoms with Crippen LogP contribution >= 0.6 is 0 Å². The van der Waals surface area contributed by atoms with E-state index in [0.29, 0.717) is 32.8 Å². The van der Waals surface area contributed by atoms with Gasteiger partial charge in [0, 0.05) is 19.6 Å². The fourth-order valence-electron chi connectivity index (χ4n) is 2.92. The molecular weight excluding hydrogens is 362 g/mol. The van der Waals surface area contributed by atoms with Crippen LogP contribution < -0.4 is 4.72 Å². The maximum absolute atomic E-state index is 14.0. The predicted octanol–water partition coefficient (Wildman–Crippen LogP) is 2.32. The fourth-order valence-corrected chi connectivity index (χ4v) is 4.28. The third-order valence-corrected chi connectivity index (χ3v) is 5.75. The predicted molar refractivity (Wildman–Crippen MR) is 93.1 cm³/mol. The molecule has 140 valence electrons. The summed E-state index contributed by atoms with van der Waals surface area (Å²) in [7, 11) is -4.38. The van der Waals surface area contributed by atoms with Crippen LogP contribution in [-0.4, -0.2) is 46.2 Å². The normalized spacial score (nSPS) is 17.2. The van der Waals surface area contributed by atoms with Crippen LogP contribution in [0.25, 0.3) is 0 Å². The van der Waals surface area contributed by atoms with Crippen molar-refractivity contribution in [1.82, 2.24) is 9.62 Å². The molecule has 0 amide bonds. The first-order valence-electron chi connectivity index (χ1n) is 8.29. The molecule has 1 atom stereocenters. The van der Waals surface area contributed by atoms with E-state index in [9.17, 15) is 17.2 Å². The van der Waals surface area contributed by atoms with Crippen molar-refractivity contribution in [1.29, 1.82) is 0 Å². The highest BCUT2D eigenvalue weighted by Gasteiger charge is 2.28. The van der Waals surface area contributed by atoms with Gasteiger partial charge in [-0.15, -0.1) is 0 Å². The molecule has 1 aliphatic rings. The van der Waals surface area contributed by atoms with Gasteiger partial charge in [0.2, 0.25) is 10.0 Å². The van der Waals surface area contributed by atoms with Gasteiger partial charge in [-0.1, -0.05) is 36.4 Å². The number of benzene rings is 2. The molecule has 0 aromatic heterocycles. The molecule has 26 heavy (non-hydrogen) atoms. The number of rotatable bonds is 6. The first-order chi connectivity index (χ1) is 12.5. The Morgan fingerprint density at radius 3 is 2.23 bits per heavy atom. The molecule has 5 nitrogen and oxygen atoms in total. The highest BCUT2D eigenvalue weighted by atomic mass is 32.2.